The van der Waals surface area contributed by atoms with Crippen molar-refractivity contribution >= 4 is 5.91 Å². The second kappa shape index (κ2) is 6.12. The van der Waals surface area contributed by atoms with Crippen molar-refractivity contribution in [1.29, 1.82) is 0 Å². The van der Waals surface area contributed by atoms with Crippen molar-refractivity contribution in [2.24, 2.45) is 5.73 Å². The molecular weight excluding hydrogens is 244 g/mol. The van der Waals surface area contributed by atoms with Gasteiger partial charge in [-0.25, -0.2) is 0 Å². The number of fused-ring (bicyclic) bond motifs is 1. The van der Waals surface area contributed by atoms with Gasteiger partial charge in [-0.3, -0.25) is 9.69 Å². The minimum Gasteiger partial charge on any atom is -0.354 e. The van der Waals surface area contributed by atoms with Crippen molar-refractivity contribution < 1.29 is 4.79 Å². The van der Waals surface area contributed by atoms with Crippen LogP contribution >= 0.6 is 0 Å². The maximum Gasteiger partial charge on any atom is 0.221 e. The Bertz CT molecular complexity index is 430. The van der Waals surface area contributed by atoms with E-state index in [1.807, 2.05) is 18.4 Å². The van der Waals surface area contributed by atoms with Crippen LogP contribution in [-0.4, -0.2) is 50.7 Å². The lowest BCUT2D eigenvalue weighted by Crippen LogP contribution is -2.47. The van der Waals surface area contributed by atoms with E-state index in [9.17, 15) is 4.79 Å². The maximum absolute atomic E-state index is 11.8. The van der Waals surface area contributed by atoms with Crippen LogP contribution in [0.5, 0.6) is 0 Å². The number of hydrogen-bond donors (Lipinski definition) is 2. The van der Waals surface area contributed by atoms with Crippen LogP contribution in [0.25, 0.3) is 0 Å². The number of nitrogens with one attached hydrogen (secondary N) is 1. The average molecular weight is 266 g/mol. The molecule has 0 bridgehead atoms. The summed E-state index contributed by atoms with van der Waals surface area (Å²) < 4.78 is 2.04. The maximum atomic E-state index is 11.8. The van der Waals surface area contributed by atoms with Crippen molar-refractivity contribution in [2.75, 3.05) is 13.1 Å². The highest BCUT2D eigenvalue weighted by Gasteiger charge is 2.25. The van der Waals surface area contributed by atoms with E-state index in [-0.39, 0.29) is 18.0 Å². The Morgan fingerprint density at radius 2 is 2.32 bits per heavy atom. The zero-order chi connectivity index (χ0) is 13.8. The molecule has 0 aromatic carbocycles. The predicted molar refractivity (Wildman–Crippen MR) is 71.2 cm³/mol. The first-order valence-electron chi connectivity index (χ1n) is 6.70. The largest absolute Gasteiger partial charge is 0.354 e. The third-order valence-electron chi connectivity index (χ3n) is 3.33. The standard InChI is InChI=1S/C12H22N6O/c1-9(2)15-12(19)5-10(6-13)17-3-4-18-8-14-16-11(18)7-17/h8-10H,3-7,13H2,1-2H3,(H,15,19). The van der Waals surface area contributed by atoms with Crippen LogP contribution in [0.3, 0.4) is 0 Å². The van der Waals surface area contributed by atoms with E-state index in [4.69, 9.17) is 5.73 Å². The second-order valence-corrected chi connectivity index (χ2v) is 5.23. The highest BCUT2D eigenvalue weighted by Crippen LogP contribution is 2.14. The summed E-state index contributed by atoms with van der Waals surface area (Å²) in [4.78, 5) is 14.0. The average Bonchev–Trinajstić information content (AvgIpc) is 2.82. The highest BCUT2D eigenvalue weighted by molar-refractivity contribution is 5.76. The zero-order valence-electron chi connectivity index (χ0n) is 11.5. The Morgan fingerprint density at radius 3 is 3.00 bits per heavy atom. The van der Waals surface area contributed by atoms with E-state index in [2.05, 4.69) is 20.4 Å². The molecule has 1 atom stereocenters. The molecule has 1 aromatic rings. The Balaban J connectivity index is 1.94. The molecule has 0 radical (unpaired) electrons. The smallest absolute Gasteiger partial charge is 0.221 e. The molecule has 1 aromatic heterocycles. The fourth-order valence-electron chi connectivity index (χ4n) is 2.35. The third-order valence-corrected chi connectivity index (χ3v) is 3.33. The van der Waals surface area contributed by atoms with E-state index >= 15 is 0 Å². The lowest BCUT2D eigenvalue weighted by atomic mass is 10.1. The molecule has 7 nitrogen and oxygen atoms in total. The first-order valence-corrected chi connectivity index (χ1v) is 6.70. The molecule has 1 aliphatic heterocycles. The zero-order valence-corrected chi connectivity index (χ0v) is 11.5. The summed E-state index contributed by atoms with van der Waals surface area (Å²) in [7, 11) is 0. The summed E-state index contributed by atoms with van der Waals surface area (Å²) in [6.45, 7) is 6.82. The van der Waals surface area contributed by atoms with Crippen molar-refractivity contribution in [3.8, 4) is 0 Å². The van der Waals surface area contributed by atoms with E-state index in [1.54, 1.807) is 6.33 Å². The highest BCUT2D eigenvalue weighted by atomic mass is 16.1. The Hall–Kier alpha value is -1.47. The van der Waals surface area contributed by atoms with Gasteiger partial charge in [0.25, 0.3) is 0 Å². The summed E-state index contributed by atoms with van der Waals surface area (Å²) in [6.07, 6.45) is 2.18. The van der Waals surface area contributed by atoms with Gasteiger partial charge < -0.3 is 15.6 Å². The minimum atomic E-state index is 0.0532. The fraction of sp³-hybridized carbons (Fsp3) is 0.750. The Labute approximate surface area is 113 Å². The SMILES string of the molecule is CC(C)NC(=O)CC(CN)N1CCn2cnnc2C1. The molecule has 2 rings (SSSR count). The van der Waals surface area contributed by atoms with Gasteiger partial charge in [-0.05, 0) is 13.8 Å². The van der Waals surface area contributed by atoms with Gasteiger partial charge in [0.1, 0.15) is 12.2 Å². The molecule has 0 fully saturated rings. The molecule has 2 heterocycles. The summed E-state index contributed by atoms with van der Waals surface area (Å²) >= 11 is 0. The molecule has 3 N–H and O–H groups in total. The van der Waals surface area contributed by atoms with Gasteiger partial charge in [0.05, 0.1) is 6.54 Å². The van der Waals surface area contributed by atoms with Gasteiger partial charge in [-0.15, -0.1) is 10.2 Å². The van der Waals surface area contributed by atoms with Crippen LogP contribution in [0.2, 0.25) is 0 Å². The number of carbonyl (C=O) groups excluding carboxylic acids is 1. The predicted octanol–water partition coefficient (Wildman–Crippen LogP) is -0.664. The van der Waals surface area contributed by atoms with Gasteiger partial charge in [0, 0.05) is 38.1 Å². The molecule has 0 spiro atoms. The third kappa shape index (κ3) is 3.51. The molecule has 1 unspecified atom stereocenters. The van der Waals surface area contributed by atoms with Crippen LogP contribution in [0.1, 0.15) is 26.1 Å². The molecule has 0 saturated heterocycles. The van der Waals surface area contributed by atoms with Crippen LogP contribution in [-0.2, 0) is 17.9 Å². The van der Waals surface area contributed by atoms with Crippen molar-refractivity contribution in [3.63, 3.8) is 0 Å². The molecular formula is C12H22N6O. The number of aromatic nitrogens is 3. The summed E-state index contributed by atoms with van der Waals surface area (Å²) in [5.41, 5.74) is 5.81. The Morgan fingerprint density at radius 1 is 1.53 bits per heavy atom. The van der Waals surface area contributed by atoms with Crippen LogP contribution in [0.15, 0.2) is 6.33 Å². The molecule has 19 heavy (non-hydrogen) atoms. The number of nitrogens with zero attached hydrogens (tertiary/aromatic N) is 4. The molecule has 0 saturated carbocycles. The number of hydrogen-bond acceptors (Lipinski definition) is 5. The molecule has 1 amide bonds. The summed E-state index contributed by atoms with van der Waals surface area (Å²) in [5, 5.41) is 10.9. The van der Waals surface area contributed by atoms with Crippen LogP contribution < -0.4 is 11.1 Å². The van der Waals surface area contributed by atoms with Crippen molar-refractivity contribution in [2.45, 2.75) is 45.4 Å². The number of rotatable bonds is 5. The van der Waals surface area contributed by atoms with Gasteiger partial charge in [-0.2, -0.15) is 0 Å². The van der Waals surface area contributed by atoms with Crippen molar-refractivity contribution in [3.05, 3.63) is 12.2 Å². The topological polar surface area (TPSA) is 89.1 Å². The first-order chi connectivity index (χ1) is 9.10. The Kier molecular flexibility index (Phi) is 4.49. The lowest BCUT2D eigenvalue weighted by Gasteiger charge is -2.33. The van der Waals surface area contributed by atoms with Crippen molar-refractivity contribution in [1.82, 2.24) is 25.0 Å². The van der Waals surface area contributed by atoms with Crippen LogP contribution in [0.4, 0.5) is 0 Å². The quantitative estimate of drug-likeness (QED) is 0.738. The monoisotopic (exact) mass is 266 g/mol. The summed E-state index contributed by atoms with van der Waals surface area (Å²) in [6, 6.07) is 0.222. The van der Waals surface area contributed by atoms with E-state index in [1.165, 1.54) is 0 Å². The van der Waals surface area contributed by atoms with Gasteiger partial charge >= 0.3 is 0 Å². The fourth-order valence-corrected chi connectivity index (χ4v) is 2.35. The number of carbonyl (C=O) groups is 1. The molecule has 0 aliphatic carbocycles. The van der Waals surface area contributed by atoms with E-state index in [0.717, 1.165) is 18.9 Å². The minimum absolute atomic E-state index is 0.0532. The second-order valence-electron chi connectivity index (χ2n) is 5.23. The van der Waals surface area contributed by atoms with Gasteiger partial charge in [0.2, 0.25) is 5.91 Å². The van der Waals surface area contributed by atoms with Gasteiger partial charge in [-0.1, -0.05) is 0 Å². The van der Waals surface area contributed by atoms with E-state index < -0.39 is 0 Å². The molecule has 1 aliphatic rings. The normalized spacial score (nSPS) is 17.3. The lowest BCUT2D eigenvalue weighted by molar-refractivity contribution is -0.122. The number of amides is 1. The first kappa shape index (κ1) is 14.0. The summed E-state index contributed by atoms with van der Waals surface area (Å²) in [5.74, 6) is 0.992. The number of nitrogens with two attached hydrogens (primary N) is 1. The van der Waals surface area contributed by atoms with Gasteiger partial charge in [0.15, 0.2) is 0 Å². The molecule has 106 valence electrons. The van der Waals surface area contributed by atoms with Crippen LogP contribution in [0, 0.1) is 0 Å². The molecule has 7 heteroatoms. The van der Waals surface area contributed by atoms with E-state index in [0.29, 0.717) is 19.5 Å².